The lowest BCUT2D eigenvalue weighted by atomic mass is 9.92. The molecule has 0 saturated carbocycles. The number of benzene rings is 2. The van der Waals surface area contributed by atoms with E-state index in [-0.39, 0.29) is 11.9 Å². The van der Waals surface area contributed by atoms with Gasteiger partial charge in [-0.2, -0.15) is 0 Å². The molecule has 31 heavy (non-hydrogen) atoms. The number of carbonyl (C=O) groups excluding carboxylic acids is 2. The number of methoxy groups -OCH3 is 1. The summed E-state index contributed by atoms with van der Waals surface area (Å²) >= 11 is 0. The number of nitrogens with one attached hydrogen (secondary N) is 1. The van der Waals surface area contributed by atoms with Gasteiger partial charge in [-0.15, -0.1) is 0 Å². The molecule has 0 fully saturated rings. The number of urea groups is 1. The van der Waals surface area contributed by atoms with Crippen LogP contribution >= 0.6 is 0 Å². The van der Waals surface area contributed by atoms with Crippen molar-refractivity contribution in [3.63, 3.8) is 0 Å². The average molecular weight is 421 g/mol. The zero-order valence-corrected chi connectivity index (χ0v) is 18.2. The van der Waals surface area contributed by atoms with Crippen LogP contribution in [0.5, 0.6) is 11.5 Å². The van der Waals surface area contributed by atoms with Crippen LogP contribution in [0, 0.1) is 0 Å². The van der Waals surface area contributed by atoms with E-state index in [1.807, 2.05) is 36.4 Å². The third-order valence-corrected chi connectivity index (χ3v) is 5.28. The Kier molecular flexibility index (Phi) is 6.65. The standard InChI is InChI=1S/C24H27N3O4/c1-6-14-31-18-11-9-10-17(15-18)22-21(16(2)26(3)24(29)27(22)4)23(28)25-19-12-7-8-13-20(19)30-5/h6-13,15,22H,1,14H2,2-5H3,(H,25,28)/t22-/m1/s1. The molecule has 0 radical (unpaired) electrons. The quantitative estimate of drug-likeness (QED) is 0.680. The summed E-state index contributed by atoms with van der Waals surface area (Å²) in [6, 6.07) is 13.8. The van der Waals surface area contributed by atoms with Gasteiger partial charge in [-0.05, 0) is 36.8 Å². The van der Waals surface area contributed by atoms with Crippen LogP contribution in [-0.2, 0) is 4.79 Å². The highest BCUT2D eigenvalue weighted by atomic mass is 16.5. The normalized spacial score (nSPS) is 16.3. The van der Waals surface area contributed by atoms with E-state index in [1.165, 1.54) is 4.90 Å². The monoisotopic (exact) mass is 421 g/mol. The number of para-hydroxylation sites is 2. The maximum Gasteiger partial charge on any atom is 0.324 e. The second kappa shape index (κ2) is 9.38. The molecule has 2 aromatic rings. The molecule has 1 aliphatic rings. The van der Waals surface area contributed by atoms with Gasteiger partial charge in [-0.1, -0.05) is 36.9 Å². The fourth-order valence-electron chi connectivity index (χ4n) is 3.61. The minimum Gasteiger partial charge on any atom is -0.495 e. The predicted octanol–water partition coefficient (Wildman–Crippen LogP) is 4.21. The smallest absolute Gasteiger partial charge is 0.324 e. The molecule has 1 N–H and O–H groups in total. The van der Waals surface area contributed by atoms with Gasteiger partial charge in [0, 0.05) is 19.8 Å². The van der Waals surface area contributed by atoms with Crippen LogP contribution < -0.4 is 14.8 Å². The van der Waals surface area contributed by atoms with E-state index in [4.69, 9.17) is 9.47 Å². The molecule has 7 heteroatoms. The summed E-state index contributed by atoms with van der Waals surface area (Å²) in [4.78, 5) is 29.3. The van der Waals surface area contributed by atoms with Crippen molar-refractivity contribution in [1.29, 1.82) is 0 Å². The van der Waals surface area contributed by atoms with E-state index in [2.05, 4.69) is 11.9 Å². The SMILES string of the molecule is C=CCOc1cccc([C@@H]2C(C(=O)Nc3ccccc3OC)=C(C)N(C)C(=O)N2C)c1. The van der Waals surface area contributed by atoms with E-state index in [9.17, 15) is 9.59 Å². The Morgan fingerprint density at radius 2 is 1.94 bits per heavy atom. The third-order valence-electron chi connectivity index (χ3n) is 5.28. The highest BCUT2D eigenvalue weighted by Gasteiger charge is 2.38. The number of rotatable bonds is 7. The summed E-state index contributed by atoms with van der Waals surface area (Å²) in [5.74, 6) is 0.883. The lowest BCUT2D eigenvalue weighted by Crippen LogP contribution is -2.47. The molecule has 0 aromatic heterocycles. The van der Waals surface area contributed by atoms with Crippen molar-refractivity contribution in [2.75, 3.05) is 33.1 Å². The van der Waals surface area contributed by atoms with Crippen LogP contribution in [0.15, 0.2) is 72.5 Å². The lowest BCUT2D eigenvalue weighted by Gasteiger charge is -2.40. The van der Waals surface area contributed by atoms with Gasteiger partial charge < -0.3 is 24.6 Å². The predicted molar refractivity (Wildman–Crippen MR) is 120 cm³/mol. The number of carbonyl (C=O) groups is 2. The molecule has 162 valence electrons. The Hall–Kier alpha value is -3.74. The van der Waals surface area contributed by atoms with Crippen LogP contribution in [0.2, 0.25) is 0 Å². The fraction of sp³-hybridized carbons (Fsp3) is 0.250. The number of hydrogen-bond acceptors (Lipinski definition) is 4. The van der Waals surface area contributed by atoms with Gasteiger partial charge in [0.1, 0.15) is 18.1 Å². The molecule has 0 bridgehead atoms. The number of hydrogen-bond donors (Lipinski definition) is 1. The lowest BCUT2D eigenvalue weighted by molar-refractivity contribution is -0.113. The first-order valence-corrected chi connectivity index (χ1v) is 9.88. The van der Waals surface area contributed by atoms with Gasteiger partial charge in [0.05, 0.1) is 24.4 Å². The van der Waals surface area contributed by atoms with Crippen LogP contribution in [-0.4, -0.2) is 49.6 Å². The molecule has 1 atom stereocenters. The summed E-state index contributed by atoms with van der Waals surface area (Å²) in [7, 11) is 4.89. The van der Waals surface area contributed by atoms with Crippen molar-refractivity contribution in [3.05, 3.63) is 78.0 Å². The van der Waals surface area contributed by atoms with Gasteiger partial charge in [0.25, 0.3) is 5.91 Å². The number of nitrogens with zero attached hydrogens (tertiary/aromatic N) is 2. The number of amides is 3. The summed E-state index contributed by atoms with van der Waals surface area (Å²) in [6.45, 7) is 5.80. The van der Waals surface area contributed by atoms with Crippen LogP contribution in [0.4, 0.5) is 10.5 Å². The molecule has 0 unspecified atom stereocenters. The van der Waals surface area contributed by atoms with Crippen LogP contribution in [0.1, 0.15) is 18.5 Å². The third kappa shape index (κ3) is 4.40. The number of likely N-dealkylation sites (N-methyl/N-ethyl adjacent to an activating group) is 1. The van der Waals surface area contributed by atoms with E-state index in [0.717, 1.165) is 5.56 Å². The fourth-order valence-corrected chi connectivity index (χ4v) is 3.61. The molecular formula is C24H27N3O4. The second-order valence-corrected chi connectivity index (χ2v) is 7.18. The van der Waals surface area contributed by atoms with Crippen molar-refractivity contribution in [2.24, 2.45) is 0 Å². The van der Waals surface area contributed by atoms with E-state index in [1.54, 1.807) is 51.2 Å². The Bertz CT molecular complexity index is 1030. The maximum absolute atomic E-state index is 13.5. The first-order valence-electron chi connectivity index (χ1n) is 9.88. The van der Waals surface area contributed by atoms with Crippen molar-refractivity contribution in [3.8, 4) is 11.5 Å². The number of anilines is 1. The summed E-state index contributed by atoms with van der Waals surface area (Å²) in [5.41, 5.74) is 2.38. The molecule has 3 rings (SSSR count). The zero-order valence-electron chi connectivity index (χ0n) is 18.2. The molecule has 1 aliphatic heterocycles. The largest absolute Gasteiger partial charge is 0.495 e. The maximum atomic E-state index is 13.5. The molecule has 0 saturated heterocycles. The van der Waals surface area contributed by atoms with Crippen molar-refractivity contribution in [1.82, 2.24) is 9.80 Å². The van der Waals surface area contributed by atoms with E-state index in [0.29, 0.717) is 35.1 Å². The first kappa shape index (κ1) is 22.0. The molecule has 0 spiro atoms. The molecular weight excluding hydrogens is 394 g/mol. The summed E-state index contributed by atoms with van der Waals surface area (Å²) in [5, 5.41) is 2.94. The van der Waals surface area contributed by atoms with Crippen LogP contribution in [0.3, 0.4) is 0 Å². The highest BCUT2D eigenvalue weighted by Crippen LogP contribution is 2.37. The zero-order chi connectivity index (χ0) is 22.5. The Morgan fingerprint density at radius 1 is 1.19 bits per heavy atom. The molecule has 2 aromatic carbocycles. The van der Waals surface area contributed by atoms with Gasteiger partial charge >= 0.3 is 6.03 Å². The van der Waals surface area contributed by atoms with Crippen molar-refractivity contribution < 1.29 is 19.1 Å². The van der Waals surface area contributed by atoms with Gasteiger partial charge in [-0.3, -0.25) is 4.79 Å². The number of ether oxygens (including phenoxy) is 2. The average Bonchev–Trinajstić information content (AvgIpc) is 2.78. The topological polar surface area (TPSA) is 71.1 Å². The second-order valence-electron chi connectivity index (χ2n) is 7.18. The van der Waals surface area contributed by atoms with E-state index < -0.39 is 6.04 Å². The Morgan fingerprint density at radius 3 is 2.65 bits per heavy atom. The Labute approximate surface area is 182 Å². The molecule has 3 amide bonds. The Balaban J connectivity index is 2.04. The van der Waals surface area contributed by atoms with Crippen LogP contribution in [0.25, 0.3) is 0 Å². The molecule has 0 aliphatic carbocycles. The summed E-state index contributed by atoms with van der Waals surface area (Å²) < 4.78 is 11.0. The van der Waals surface area contributed by atoms with Gasteiger partial charge in [-0.25, -0.2) is 4.79 Å². The minimum absolute atomic E-state index is 0.200. The van der Waals surface area contributed by atoms with Crippen molar-refractivity contribution >= 4 is 17.6 Å². The van der Waals surface area contributed by atoms with Gasteiger partial charge in [0.15, 0.2) is 0 Å². The molecule has 1 heterocycles. The first-order chi connectivity index (χ1) is 14.9. The highest BCUT2D eigenvalue weighted by molar-refractivity contribution is 6.07. The van der Waals surface area contributed by atoms with E-state index >= 15 is 0 Å². The molecule has 7 nitrogen and oxygen atoms in total. The van der Waals surface area contributed by atoms with Crippen molar-refractivity contribution in [2.45, 2.75) is 13.0 Å². The van der Waals surface area contributed by atoms with Gasteiger partial charge in [0.2, 0.25) is 0 Å². The summed E-state index contributed by atoms with van der Waals surface area (Å²) in [6.07, 6.45) is 1.66. The number of allylic oxidation sites excluding steroid dienone is 1. The minimum atomic E-state index is -0.578.